The smallest absolute Gasteiger partial charge is 0.326 e. The summed E-state index contributed by atoms with van der Waals surface area (Å²) in [4.78, 5) is 46.5. The van der Waals surface area contributed by atoms with Crippen LogP contribution < -0.4 is 16.4 Å². The zero-order valence-electron chi connectivity index (χ0n) is 14.9. The summed E-state index contributed by atoms with van der Waals surface area (Å²) in [6.07, 6.45) is -0.851. The van der Waals surface area contributed by atoms with Crippen LogP contribution in [0.15, 0.2) is 24.3 Å². The van der Waals surface area contributed by atoms with Crippen LogP contribution in [0.3, 0.4) is 0 Å². The van der Waals surface area contributed by atoms with E-state index in [0.717, 1.165) is 0 Å². The van der Waals surface area contributed by atoms with E-state index in [1.54, 1.807) is 0 Å². The Bertz CT molecular complexity index is 707. The maximum atomic E-state index is 12.4. The molecule has 3 unspecified atom stereocenters. The zero-order valence-corrected chi connectivity index (χ0v) is 14.9. The van der Waals surface area contributed by atoms with Gasteiger partial charge in [0, 0.05) is 12.8 Å². The zero-order chi connectivity index (χ0) is 21.3. The quantitative estimate of drug-likeness (QED) is 0.224. The summed E-state index contributed by atoms with van der Waals surface area (Å²) in [7, 11) is 0. The van der Waals surface area contributed by atoms with E-state index in [0.29, 0.717) is 5.56 Å². The second kappa shape index (κ2) is 10.8. The van der Waals surface area contributed by atoms with Gasteiger partial charge in [0.25, 0.3) is 0 Å². The molecular formula is C17H23N3O8. The Morgan fingerprint density at radius 3 is 2.04 bits per heavy atom. The molecule has 3 atom stereocenters. The SMILES string of the molecule is NC(CO)C(=O)NC(CCC(=O)O)C(=O)NC(Cc1ccc(O)cc1)C(=O)O. The number of nitrogens with one attached hydrogen (secondary N) is 2. The number of carbonyl (C=O) groups excluding carboxylic acids is 2. The maximum Gasteiger partial charge on any atom is 0.326 e. The van der Waals surface area contributed by atoms with Gasteiger partial charge in [0.2, 0.25) is 11.8 Å². The third-order valence-corrected chi connectivity index (χ3v) is 3.80. The van der Waals surface area contributed by atoms with Gasteiger partial charge < -0.3 is 36.8 Å². The number of rotatable bonds is 11. The lowest BCUT2D eigenvalue weighted by atomic mass is 10.0. The highest BCUT2D eigenvalue weighted by molar-refractivity contribution is 5.92. The van der Waals surface area contributed by atoms with Gasteiger partial charge >= 0.3 is 11.9 Å². The van der Waals surface area contributed by atoms with Crippen molar-refractivity contribution in [3.8, 4) is 5.75 Å². The number of aliphatic hydroxyl groups excluding tert-OH is 1. The maximum absolute atomic E-state index is 12.4. The van der Waals surface area contributed by atoms with Crippen LogP contribution >= 0.6 is 0 Å². The molecular weight excluding hydrogens is 374 g/mol. The number of nitrogens with two attached hydrogens (primary N) is 1. The van der Waals surface area contributed by atoms with E-state index >= 15 is 0 Å². The van der Waals surface area contributed by atoms with E-state index in [1.165, 1.54) is 24.3 Å². The fraction of sp³-hybridized carbons (Fsp3) is 0.412. The van der Waals surface area contributed by atoms with Crippen LogP contribution in [0.1, 0.15) is 18.4 Å². The molecule has 0 aromatic heterocycles. The molecule has 2 amide bonds. The van der Waals surface area contributed by atoms with Crippen molar-refractivity contribution in [1.82, 2.24) is 10.6 Å². The summed E-state index contributed by atoms with van der Waals surface area (Å²) < 4.78 is 0. The van der Waals surface area contributed by atoms with E-state index in [2.05, 4.69) is 10.6 Å². The monoisotopic (exact) mass is 397 g/mol. The van der Waals surface area contributed by atoms with Crippen molar-refractivity contribution in [3.05, 3.63) is 29.8 Å². The third-order valence-electron chi connectivity index (χ3n) is 3.80. The first-order valence-corrected chi connectivity index (χ1v) is 8.33. The molecule has 1 aromatic carbocycles. The van der Waals surface area contributed by atoms with Crippen LogP contribution in [0.25, 0.3) is 0 Å². The Morgan fingerprint density at radius 2 is 1.54 bits per heavy atom. The predicted octanol–water partition coefficient (Wildman–Crippen LogP) is -1.83. The molecule has 0 radical (unpaired) electrons. The summed E-state index contributed by atoms with van der Waals surface area (Å²) in [6.45, 7) is -0.683. The van der Waals surface area contributed by atoms with Gasteiger partial charge in [0.1, 0.15) is 23.9 Å². The molecule has 1 rings (SSSR count). The number of hydrogen-bond donors (Lipinski definition) is 7. The number of carboxylic acid groups (broad SMARTS) is 2. The minimum absolute atomic E-state index is 0.00340. The molecule has 0 saturated carbocycles. The van der Waals surface area contributed by atoms with Crippen molar-refractivity contribution >= 4 is 23.8 Å². The first-order chi connectivity index (χ1) is 13.1. The fourth-order valence-electron chi connectivity index (χ4n) is 2.24. The van der Waals surface area contributed by atoms with E-state index < -0.39 is 54.9 Å². The molecule has 0 heterocycles. The average molecular weight is 397 g/mol. The summed E-state index contributed by atoms with van der Waals surface area (Å²) in [5, 5.41) is 40.8. The first-order valence-electron chi connectivity index (χ1n) is 8.33. The highest BCUT2D eigenvalue weighted by atomic mass is 16.4. The van der Waals surface area contributed by atoms with E-state index in [1.807, 2.05) is 0 Å². The number of carboxylic acids is 2. The molecule has 8 N–H and O–H groups in total. The number of amides is 2. The minimum Gasteiger partial charge on any atom is -0.508 e. The van der Waals surface area contributed by atoms with Crippen molar-refractivity contribution < 1.29 is 39.6 Å². The number of phenols is 1. The summed E-state index contributed by atoms with van der Waals surface area (Å²) in [5.41, 5.74) is 5.89. The van der Waals surface area contributed by atoms with Gasteiger partial charge in [0.15, 0.2) is 0 Å². The Balaban J connectivity index is 2.87. The lowest BCUT2D eigenvalue weighted by Crippen LogP contribution is -2.55. The molecule has 0 bridgehead atoms. The number of aromatic hydroxyl groups is 1. The van der Waals surface area contributed by atoms with E-state index in [4.69, 9.17) is 15.9 Å². The van der Waals surface area contributed by atoms with Crippen molar-refractivity contribution in [2.24, 2.45) is 5.73 Å². The summed E-state index contributed by atoms with van der Waals surface area (Å²) >= 11 is 0. The summed E-state index contributed by atoms with van der Waals surface area (Å²) in [5.74, 6) is -4.32. The lowest BCUT2D eigenvalue weighted by molar-refractivity contribution is -0.143. The number of aliphatic carboxylic acids is 2. The van der Waals surface area contributed by atoms with Crippen molar-refractivity contribution in [2.75, 3.05) is 6.61 Å². The Labute approximate surface area is 160 Å². The van der Waals surface area contributed by atoms with Gasteiger partial charge in [-0.05, 0) is 24.1 Å². The molecule has 11 heteroatoms. The molecule has 0 aliphatic carbocycles. The van der Waals surface area contributed by atoms with Crippen LogP contribution in [-0.2, 0) is 25.6 Å². The van der Waals surface area contributed by atoms with Gasteiger partial charge in [0.05, 0.1) is 6.61 Å². The Kier molecular flexibility index (Phi) is 8.85. The number of carbonyl (C=O) groups is 4. The summed E-state index contributed by atoms with van der Waals surface area (Å²) in [6, 6.07) is 1.69. The van der Waals surface area contributed by atoms with E-state index in [9.17, 15) is 29.4 Å². The number of aliphatic hydroxyl groups is 1. The van der Waals surface area contributed by atoms with Crippen LogP contribution in [-0.4, -0.2) is 68.9 Å². The van der Waals surface area contributed by atoms with Gasteiger partial charge in [-0.2, -0.15) is 0 Å². The third kappa shape index (κ3) is 7.60. The molecule has 0 aliphatic rings. The molecule has 0 saturated heterocycles. The molecule has 28 heavy (non-hydrogen) atoms. The molecule has 0 spiro atoms. The van der Waals surface area contributed by atoms with Crippen LogP contribution in [0.5, 0.6) is 5.75 Å². The highest BCUT2D eigenvalue weighted by Crippen LogP contribution is 2.12. The second-order valence-corrected chi connectivity index (χ2v) is 6.05. The van der Waals surface area contributed by atoms with Gasteiger partial charge in [-0.1, -0.05) is 12.1 Å². The van der Waals surface area contributed by atoms with Gasteiger partial charge in [-0.3, -0.25) is 14.4 Å². The van der Waals surface area contributed by atoms with Crippen LogP contribution in [0, 0.1) is 0 Å². The second-order valence-electron chi connectivity index (χ2n) is 6.05. The molecule has 1 aromatic rings. The number of hydrogen-bond acceptors (Lipinski definition) is 7. The van der Waals surface area contributed by atoms with Crippen LogP contribution in [0.2, 0.25) is 0 Å². The van der Waals surface area contributed by atoms with E-state index in [-0.39, 0.29) is 18.6 Å². The topological polar surface area (TPSA) is 199 Å². The van der Waals surface area contributed by atoms with Gasteiger partial charge in [-0.25, -0.2) is 4.79 Å². The predicted molar refractivity (Wildman–Crippen MR) is 95.2 cm³/mol. The average Bonchev–Trinajstić information content (AvgIpc) is 2.64. The molecule has 0 fully saturated rings. The number of phenolic OH excluding ortho intramolecular Hbond substituents is 1. The lowest BCUT2D eigenvalue weighted by Gasteiger charge is -2.22. The van der Waals surface area contributed by atoms with Gasteiger partial charge in [-0.15, -0.1) is 0 Å². The normalized spacial score (nSPS) is 13.8. The van der Waals surface area contributed by atoms with Crippen molar-refractivity contribution in [3.63, 3.8) is 0 Å². The first kappa shape index (κ1) is 22.9. The van der Waals surface area contributed by atoms with Crippen LogP contribution in [0.4, 0.5) is 0 Å². The molecule has 154 valence electrons. The molecule has 11 nitrogen and oxygen atoms in total. The standard InChI is InChI=1S/C17H23N3O8/c18-11(8-21)15(25)19-12(5-6-14(23)24)16(26)20-13(17(27)28)7-9-1-3-10(22)4-2-9/h1-4,11-13,21-22H,5-8,18H2,(H,19,25)(H,20,26)(H,23,24)(H,27,28). The fourth-order valence-corrected chi connectivity index (χ4v) is 2.24. The largest absolute Gasteiger partial charge is 0.508 e. The highest BCUT2D eigenvalue weighted by Gasteiger charge is 2.28. The van der Waals surface area contributed by atoms with Crippen molar-refractivity contribution in [2.45, 2.75) is 37.4 Å². The molecule has 0 aliphatic heterocycles. The Morgan fingerprint density at radius 1 is 0.964 bits per heavy atom. The Hall–Kier alpha value is -3.18. The minimum atomic E-state index is -1.35. The van der Waals surface area contributed by atoms with Crippen molar-refractivity contribution in [1.29, 1.82) is 0 Å². The number of benzene rings is 1.